The number of carboxylic acids is 1. The summed E-state index contributed by atoms with van der Waals surface area (Å²) < 4.78 is 17.7. The highest BCUT2D eigenvalue weighted by Crippen LogP contribution is 2.41. The molecule has 3 rings (SSSR count). The fourth-order valence-electron chi connectivity index (χ4n) is 3.39. The molecule has 4 N–H and O–H groups in total. The standard InChI is InChI=1S/C26H29N2O6P/c29-25(30)15-16-27-26(31)24(28-19-35(32,33)34-18-21-7-3-1-4-8-21)17-20-11-13-23(14-12-20)22-9-5-2-6-10-22/h1-14,24,28H,15-19H2,(H,27,31)(H,29,30)(H,32,33)/t24-/m0/s1. The minimum Gasteiger partial charge on any atom is -0.481 e. The Balaban J connectivity index is 1.64. The van der Waals surface area contributed by atoms with Gasteiger partial charge in [-0.2, -0.15) is 0 Å². The van der Waals surface area contributed by atoms with Gasteiger partial charge in [0.15, 0.2) is 0 Å². The summed E-state index contributed by atoms with van der Waals surface area (Å²) >= 11 is 0. The number of aliphatic carboxylic acids is 1. The molecule has 0 aliphatic heterocycles. The molecule has 0 bridgehead atoms. The van der Waals surface area contributed by atoms with Crippen LogP contribution in [0.1, 0.15) is 17.5 Å². The summed E-state index contributed by atoms with van der Waals surface area (Å²) in [5.41, 5.74) is 3.69. The lowest BCUT2D eigenvalue weighted by atomic mass is 10.0. The number of nitrogens with one attached hydrogen (secondary N) is 2. The first kappa shape index (κ1) is 26.3. The summed E-state index contributed by atoms with van der Waals surface area (Å²) in [6.07, 6.45) is -0.408. The van der Waals surface area contributed by atoms with E-state index in [1.165, 1.54) is 0 Å². The Morgan fingerprint density at radius 1 is 0.857 bits per heavy atom. The van der Waals surface area contributed by atoms with Gasteiger partial charge in [-0.3, -0.25) is 19.5 Å². The highest BCUT2D eigenvalue weighted by molar-refractivity contribution is 7.52. The van der Waals surface area contributed by atoms with E-state index in [2.05, 4.69) is 10.6 Å². The second kappa shape index (κ2) is 13.0. The van der Waals surface area contributed by atoms with Gasteiger partial charge in [-0.25, -0.2) is 0 Å². The van der Waals surface area contributed by atoms with Gasteiger partial charge in [0, 0.05) is 6.54 Å². The smallest absolute Gasteiger partial charge is 0.342 e. The zero-order valence-corrected chi connectivity index (χ0v) is 20.1. The Hall–Kier alpha value is -3.29. The van der Waals surface area contributed by atoms with Gasteiger partial charge in [-0.05, 0) is 28.7 Å². The van der Waals surface area contributed by atoms with Crippen molar-refractivity contribution in [2.75, 3.05) is 12.8 Å². The van der Waals surface area contributed by atoms with Crippen molar-refractivity contribution in [3.05, 3.63) is 96.1 Å². The van der Waals surface area contributed by atoms with Gasteiger partial charge in [0.2, 0.25) is 5.91 Å². The van der Waals surface area contributed by atoms with E-state index >= 15 is 0 Å². The van der Waals surface area contributed by atoms with Crippen molar-refractivity contribution in [1.82, 2.24) is 10.6 Å². The highest BCUT2D eigenvalue weighted by Gasteiger charge is 2.25. The molecule has 0 fully saturated rings. The summed E-state index contributed by atoms with van der Waals surface area (Å²) in [6, 6.07) is 25.7. The van der Waals surface area contributed by atoms with Crippen molar-refractivity contribution in [1.29, 1.82) is 0 Å². The van der Waals surface area contributed by atoms with Crippen LogP contribution >= 0.6 is 7.60 Å². The maximum Gasteiger partial charge on any atom is 0.342 e. The molecule has 0 heterocycles. The number of carbonyl (C=O) groups excluding carboxylic acids is 1. The number of carboxylic acid groups (broad SMARTS) is 1. The topological polar surface area (TPSA) is 125 Å². The zero-order chi connectivity index (χ0) is 25.1. The molecular weight excluding hydrogens is 467 g/mol. The Labute approximate surface area is 204 Å². The minimum absolute atomic E-state index is 0.0350. The first-order valence-corrected chi connectivity index (χ1v) is 13.0. The van der Waals surface area contributed by atoms with E-state index in [0.717, 1.165) is 22.3 Å². The van der Waals surface area contributed by atoms with E-state index < -0.39 is 31.8 Å². The van der Waals surface area contributed by atoms with Crippen LogP contribution < -0.4 is 10.6 Å². The molecule has 9 heteroatoms. The van der Waals surface area contributed by atoms with Gasteiger partial charge < -0.3 is 19.8 Å². The number of carbonyl (C=O) groups is 2. The molecule has 0 saturated carbocycles. The Morgan fingerprint density at radius 2 is 1.46 bits per heavy atom. The maximum absolute atomic E-state index is 12.7. The number of benzene rings is 3. The largest absolute Gasteiger partial charge is 0.481 e. The molecule has 0 radical (unpaired) electrons. The van der Waals surface area contributed by atoms with Crippen LogP contribution in [0.15, 0.2) is 84.9 Å². The third kappa shape index (κ3) is 9.11. The third-order valence-corrected chi connectivity index (χ3v) is 6.38. The number of hydrogen-bond donors (Lipinski definition) is 4. The van der Waals surface area contributed by atoms with Crippen LogP contribution in [0.3, 0.4) is 0 Å². The molecule has 0 saturated heterocycles. The molecule has 184 valence electrons. The first-order chi connectivity index (χ1) is 16.8. The zero-order valence-electron chi connectivity index (χ0n) is 19.2. The average Bonchev–Trinajstić information content (AvgIpc) is 2.86. The van der Waals surface area contributed by atoms with Crippen molar-refractivity contribution in [3.63, 3.8) is 0 Å². The van der Waals surface area contributed by atoms with Crippen LogP contribution in [0, 0.1) is 0 Å². The van der Waals surface area contributed by atoms with Crippen LogP contribution in [0.4, 0.5) is 0 Å². The predicted molar refractivity (Wildman–Crippen MR) is 134 cm³/mol. The summed E-state index contributed by atoms with van der Waals surface area (Å²) in [7, 11) is -4.03. The van der Waals surface area contributed by atoms with E-state index in [9.17, 15) is 19.0 Å². The lowest BCUT2D eigenvalue weighted by Gasteiger charge is -2.21. The lowest BCUT2D eigenvalue weighted by molar-refractivity contribution is -0.137. The van der Waals surface area contributed by atoms with E-state index in [-0.39, 0.29) is 26.0 Å². The van der Waals surface area contributed by atoms with Crippen LogP contribution in [-0.2, 0) is 31.7 Å². The minimum atomic E-state index is -4.03. The van der Waals surface area contributed by atoms with Gasteiger partial charge in [0.05, 0.1) is 25.4 Å². The van der Waals surface area contributed by atoms with Gasteiger partial charge in [0.25, 0.3) is 0 Å². The van der Waals surface area contributed by atoms with Gasteiger partial charge in [-0.1, -0.05) is 84.9 Å². The molecule has 8 nitrogen and oxygen atoms in total. The molecule has 0 aromatic heterocycles. The quantitative estimate of drug-likeness (QED) is 0.265. The molecular formula is C26H29N2O6P. The maximum atomic E-state index is 12.7. The molecule has 0 aliphatic rings. The van der Waals surface area contributed by atoms with Crippen molar-refractivity contribution in [2.45, 2.75) is 25.5 Å². The number of hydrogen-bond acceptors (Lipinski definition) is 5. The van der Waals surface area contributed by atoms with E-state index in [0.29, 0.717) is 0 Å². The van der Waals surface area contributed by atoms with Crippen molar-refractivity contribution in [2.24, 2.45) is 0 Å². The van der Waals surface area contributed by atoms with Crippen LogP contribution in [0.5, 0.6) is 0 Å². The van der Waals surface area contributed by atoms with Crippen LogP contribution in [-0.4, -0.2) is 40.7 Å². The molecule has 0 spiro atoms. The van der Waals surface area contributed by atoms with Gasteiger partial charge in [0.1, 0.15) is 0 Å². The highest BCUT2D eigenvalue weighted by atomic mass is 31.2. The number of amides is 1. The molecule has 2 atom stereocenters. The Kier molecular flexibility index (Phi) is 9.76. The van der Waals surface area contributed by atoms with Crippen molar-refractivity contribution >= 4 is 19.5 Å². The van der Waals surface area contributed by atoms with Gasteiger partial charge in [-0.15, -0.1) is 0 Å². The molecule has 1 amide bonds. The van der Waals surface area contributed by atoms with E-state index in [1.807, 2.05) is 60.7 Å². The summed E-state index contributed by atoms with van der Waals surface area (Å²) in [5.74, 6) is -1.48. The van der Waals surface area contributed by atoms with Gasteiger partial charge >= 0.3 is 13.6 Å². The first-order valence-electron chi connectivity index (χ1n) is 11.2. The fourth-order valence-corrected chi connectivity index (χ4v) is 4.29. The SMILES string of the molecule is O=C(O)CCNC(=O)[C@H](Cc1ccc(-c2ccccc2)cc1)NCP(=O)(O)OCc1ccccc1. The Bertz CT molecular complexity index is 1140. The van der Waals surface area contributed by atoms with Crippen molar-refractivity contribution < 1.29 is 28.7 Å². The summed E-state index contributed by atoms with van der Waals surface area (Å²) in [4.78, 5) is 33.8. The number of rotatable bonds is 13. The van der Waals surface area contributed by atoms with Crippen LogP contribution in [0.25, 0.3) is 11.1 Å². The van der Waals surface area contributed by atoms with Crippen LogP contribution in [0.2, 0.25) is 0 Å². The summed E-state index contributed by atoms with van der Waals surface area (Å²) in [6.45, 7) is -0.0761. The normalized spacial score (nSPS) is 13.5. The molecule has 1 unspecified atom stereocenters. The second-order valence-corrected chi connectivity index (χ2v) is 9.86. The van der Waals surface area contributed by atoms with E-state index in [1.54, 1.807) is 24.3 Å². The fraction of sp³-hybridized carbons (Fsp3) is 0.231. The monoisotopic (exact) mass is 496 g/mol. The average molecular weight is 497 g/mol. The third-order valence-electron chi connectivity index (χ3n) is 5.27. The molecule has 0 aliphatic carbocycles. The molecule has 3 aromatic rings. The lowest BCUT2D eigenvalue weighted by Crippen LogP contribution is -2.46. The van der Waals surface area contributed by atoms with Crippen molar-refractivity contribution in [3.8, 4) is 11.1 Å². The van der Waals surface area contributed by atoms with E-state index in [4.69, 9.17) is 9.63 Å². The molecule has 35 heavy (non-hydrogen) atoms. The molecule has 3 aromatic carbocycles. The second-order valence-electron chi connectivity index (χ2n) is 8.01. The predicted octanol–water partition coefficient (Wildman–Crippen LogP) is 3.80. The Morgan fingerprint density at radius 3 is 2.09 bits per heavy atom. The summed E-state index contributed by atoms with van der Waals surface area (Å²) in [5, 5.41) is 14.2.